The molecular formula is C21H22N8. The smallest absolute Gasteiger partial charge is 0.249 e. The van der Waals surface area contributed by atoms with Crippen molar-refractivity contribution in [2.75, 3.05) is 48.8 Å². The number of rotatable bonds is 5. The molecule has 2 N–H and O–H groups in total. The first kappa shape index (κ1) is 18.7. The Kier molecular flexibility index (Phi) is 5.49. The average Bonchev–Trinajstić information content (AvgIpc) is 2.76. The molecule has 0 atom stereocenters. The predicted octanol–water partition coefficient (Wildman–Crippen LogP) is 2.98. The van der Waals surface area contributed by atoms with Crippen molar-refractivity contribution in [3.05, 3.63) is 60.3 Å². The number of piperazine rings is 1. The molecule has 1 aliphatic heterocycles. The summed E-state index contributed by atoms with van der Waals surface area (Å²) in [6, 6.07) is 17.6. The molecule has 8 heteroatoms. The zero-order valence-electron chi connectivity index (χ0n) is 16.2. The maximum Gasteiger partial charge on any atom is 0.249 e. The van der Waals surface area contributed by atoms with E-state index in [1.165, 1.54) is 5.69 Å². The summed E-state index contributed by atoms with van der Waals surface area (Å²) in [4.78, 5) is 9.17. The lowest BCUT2D eigenvalue weighted by Crippen LogP contribution is -2.44. The largest absolute Gasteiger partial charge is 0.369 e. The van der Waals surface area contributed by atoms with Crippen molar-refractivity contribution in [3.63, 3.8) is 0 Å². The molecule has 3 aromatic rings. The normalized spacial score (nSPS) is 14.3. The summed E-state index contributed by atoms with van der Waals surface area (Å²) in [5.74, 6) is 0.899. The van der Waals surface area contributed by atoms with Crippen LogP contribution in [0, 0.1) is 11.3 Å². The summed E-state index contributed by atoms with van der Waals surface area (Å²) < 4.78 is 0. The summed E-state index contributed by atoms with van der Waals surface area (Å²) >= 11 is 0. The molecule has 0 radical (unpaired) electrons. The predicted molar refractivity (Wildman–Crippen MR) is 114 cm³/mol. The van der Waals surface area contributed by atoms with Crippen LogP contribution in [0.1, 0.15) is 5.56 Å². The van der Waals surface area contributed by atoms with Crippen molar-refractivity contribution in [2.45, 2.75) is 0 Å². The molecule has 2 aromatic carbocycles. The minimum atomic E-state index is 0.326. The fourth-order valence-electron chi connectivity index (χ4n) is 3.19. The monoisotopic (exact) mass is 386 g/mol. The molecule has 1 aliphatic rings. The molecule has 0 saturated carbocycles. The summed E-state index contributed by atoms with van der Waals surface area (Å²) in [7, 11) is 2.15. The SMILES string of the molecule is CN1CCN(c2ccc(Nc3cnnc(Nc4ccccc4C#N)n3)cc2)CC1. The van der Waals surface area contributed by atoms with Crippen molar-refractivity contribution >= 4 is 28.8 Å². The number of benzene rings is 2. The van der Waals surface area contributed by atoms with Crippen LogP contribution in [0.15, 0.2) is 54.7 Å². The molecular weight excluding hydrogens is 364 g/mol. The van der Waals surface area contributed by atoms with E-state index in [2.05, 4.69) is 60.9 Å². The van der Waals surface area contributed by atoms with Gasteiger partial charge in [0.05, 0.1) is 17.4 Å². The van der Waals surface area contributed by atoms with Crippen LogP contribution in [0.5, 0.6) is 0 Å². The lowest BCUT2D eigenvalue weighted by atomic mass is 10.2. The third kappa shape index (κ3) is 4.59. The quantitative estimate of drug-likeness (QED) is 0.691. The molecule has 1 fully saturated rings. The van der Waals surface area contributed by atoms with Crippen molar-refractivity contribution < 1.29 is 0 Å². The highest BCUT2D eigenvalue weighted by atomic mass is 15.3. The Labute approximate surface area is 169 Å². The first-order chi connectivity index (χ1) is 14.2. The van der Waals surface area contributed by atoms with Crippen LogP contribution in [0.25, 0.3) is 0 Å². The number of para-hydroxylation sites is 1. The number of nitrogens with zero attached hydrogens (tertiary/aromatic N) is 6. The van der Waals surface area contributed by atoms with E-state index in [1.54, 1.807) is 18.3 Å². The van der Waals surface area contributed by atoms with Crippen molar-refractivity contribution in [3.8, 4) is 6.07 Å². The second-order valence-corrected chi connectivity index (χ2v) is 6.91. The summed E-state index contributed by atoms with van der Waals surface area (Å²) in [5.41, 5.74) is 3.31. The van der Waals surface area contributed by atoms with Crippen LogP contribution in [-0.4, -0.2) is 53.3 Å². The Morgan fingerprint density at radius 1 is 0.966 bits per heavy atom. The number of hydrogen-bond acceptors (Lipinski definition) is 8. The van der Waals surface area contributed by atoms with E-state index >= 15 is 0 Å². The first-order valence-electron chi connectivity index (χ1n) is 9.48. The maximum atomic E-state index is 9.21. The van der Waals surface area contributed by atoms with Gasteiger partial charge in [-0.2, -0.15) is 15.3 Å². The molecule has 0 amide bonds. The highest BCUT2D eigenvalue weighted by molar-refractivity contribution is 5.64. The van der Waals surface area contributed by atoms with Crippen LogP contribution >= 0.6 is 0 Å². The maximum absolute atomic E-state index is 9.21. The van der Waals surface area contributed by atoms with Crippen molar-refractivity contribution in [1.29, 1.82) is 5.26 Å². The van der Waals surface area contributed by atoms with Crippen LogP contribution in [0.2, 0.25) is 0 Å². The van der Waals surface area contributed by atoms with E-state index in [0.29, 0.717) is 23.0 Å². The van der Waals surface area contributed by atoms with E-state index in [0.717, 1.165) is 31.9 Å². The Morgan fingerprint density at radius 3 is 2.48 bits per heavy atom. The highest BCUT2D eigenvalue weighted by Gasteiger charge is 2.14. The van der Waals surface area contributed by atoms with Crippen molar-refractivity contribution in [2.24, 2.45) is 0 Å². The number of nitriles is 1. The van der Waals surface area contributed by atoms with Gasteiger partial charge in [0.2, 0.25) is 5.95 Å². The van der Waals surface area contributed by atoms with Gasteiger partial charge in [-0.25, -0.2) is 0 Å². The van der Waals surface area contributed by atoms with Gasteiger partial charge < -0.3 is 20.4 Å². The van der Waals surface area contributed by atoms with Gasteiger partial charge in [0.25, 0.3) is 0 Å². The fourth-order valence-corrected chi connectivity index (χ4v) is 3.19. The van der Waals surface area contributed by atoms with Gasteiger partial charge in [0.1, 0.15) is 6.07 Å². The minimum absolute atomic E-state index is 0.326. The molecule has 0 unspecified atom stereocenters. The molecule has 8 nitrogen and oxygen atoms in total. The number of nitrogens with one attached hydrogen (secondary N) is 2. The number of aromatic nitrogens is 3. The van der Waals surface area contributed by atoms with Gasteiger partial charge in [-0.05, 0) is 43.4 Å². The molecule has 1 aromatic heterocycles. The number of likely N-dealkylation sites (N-methyl/N-ethyl adjacent to an activating group) is 1. The fraction of sp³-hybridized carbons (Fsp3) is 0.238. The molecule has 0 bridgehead atoms. The number of anilines is 5. The first-order valence-corrected chi connectivity index (χ1v) is 9.48. The molecule has 0 aliphatic carbocycles. The Bertz CT molecular complexity index is 1000. The van der Waals surface area contributed by atoms with Gasteiger partial charge in [0.15, 0.2) is 5.82 Å². The summed E-state index contributed by atoms with van der Waals surface area (Å²) in [5, 5.41) is 23.5. The second kappa shape index (κ2) is 8.54. The van der Waals surface area contributed by atoms with E-state index in [9.17, 15) is 5.26 Å². The summed E-state index contributed by atoms with van der Waals surface area (Å²) in [6.45, 7) is 4.24. The molecule has 4 rings (SSSR count). The average molecular weight is 386 g/mol. The zero-order valence-corrected chi connectivity index (χ0v) is 16.2. The van der Waals surface area contributed by atoms with Crippen LogP contribution in [0.4, 0.5) is 28.8 Å². The molecule has 2 heterocycles. The van der Waals surface area contributed by atoms with Gasteiger partial charge in [0, 0.05) is 37.6 Å². The van der Waals surface area contributed by atoms with Gasteiger partial charge in [-0.15, -0.1) is 5.10 Å². The Hall–Kier alpha value is -3.70. The van der Waals surface area contributed by atoms with Crippen LogP contribution in [-0.2, 0) is 0 Å². The molecule has 0 spiro atoms. The van der Waals surface area contributed by atoms with E-state index < -0.39 is 0 Å². The van der Waals surface area contributed by atoms with Gasteiger partial charge >= 0.3 is 0 Å². The van der Waals surface area contributed by atoms with Crippen LogP contribution in [0.3, 0.4) is 0 Å². The Morgan fingerprint density at radius 2 is 1.72 bits per heavy atom. The highest BCUT2D eigenvalue weighted by Crippen LogP contribution is 2.22. The van der Waals surface area contributed by atoms with Gasteiger partial charge in [-0.1, -0.05) is 12.1 Å². The number of hydrogen-bond donors (Lipinski definition) is 2. The second-order valence-electron chi connectivity index (χ2n) is 6.91. The zero-order chi connectivity index (χ0) is 20.1. The molecule has 1 saturated heterocycles. The molecule has 146 valence electrons. The Balaban J connectivity index is 1.43. The summed E-state index contributed by atoms with van der Waals surface area (Å²) in [6.07, 6.45) is 1.57. The van der Waals surface area contributed by atoms with E-state index in [4.69, 9.17) is 0 Å². The van der Waals surface area contributed by atoms with Crippen LogP contribution < -0.4 is 15.5 Å². The van der Waals surface area contributed by atoms with Crippen molar-refractivity contribution in [1.82, 2.24) is 20.1 Å². The molecule has 29 heavy (non-hydrogen) atoms. The van der Waals surface area contributed by atoms with E-state index in [-0.39, 0.29) is 0 Å². The lowest BCUT2D eigenvalue weighted by molar-refractivity contribution is 0.313. The lowest BCUT2D eigenvalue weighted by Gasteiger charge is -2.34. The third-order valence-corrected chi connectivity index (χ3v) is 4.86. The standard InChI is InChI=1S/C21H22N8/c1-28-10-12-29(13-11-28)18-8-6-17(7-9-18)24-20-15-23-27-21(26-20)25-19-5-3-2-4-16(19)14-22/h2-9,15H,10-13H2,1H3,(H2,24,25,26,27). The third-order valence-electron chi connectivity index (χ3n) is 4.86. The minimum Gasteiger partial charge on any atom is -0.369 e. The van der Waals surface area contributed by atoms with E-state index in [1.807, 2.05) is 24.3 Å². The topological polar surface area (TPSA) is 93.0 Å². The van der Waals surface area contributed by atoms with Gasteiger partial charge in [-0.3, -0.25) is 0 Å².